The van der Waals surface area contributed by atoms with Crippen LogP contribution in [-0.2, 0) is 20.7 Å². The van der Waals surface area contributed by atoms with Gasteiger partial charge in [-0.2, -0.15) is 0 Å². The summed E-state index contributed by atoms with van der Waals surface area (Å²) in [5.41, 5.74) is 0.726. The maximum absolute atomic E-state index is 12.1. The van der Waals surface area contributed by atoms with Gasteiger partial charge in [0.1, 0.15) is 0 Å². The molecule has 1 heterocycles. The average Bonchev–Trinajstić information content (AvgIpc) is 2.65. The highest BCUT2D eigenvalue weighted by molar-refractivity contribution is 7.99. The molecule has 9 nitrogen and oxygen atoms in total. The van der Waals surface area contributed by atoms with Gasteiger partial charge in [0.15, 0.2) is 5.16 Å². The molecule has 2 amide bonds. The van der Waals surface area contributed by atoms with Gasteiger partial charge in [-0.25, -0.2) is 4.98 Å². The lowest BCUT2D eigenvalue weighted by Crippen LogP contribution is -2.19. The van der Waals surface area contributed by atoms with Crippen LogP contribution in [0, 0.1) is 0 Å². The first-order valence-corrected chi connectivity index (χ1v) is 8.81. The van der Waals surface area contributed by atoms with Crippen molar-refractivity contribution >= 4 is 35.2 Å². The van der Waals surface area contributed by atoms with E-state index in [0.717, 1.165) is 11.8 Å². The predicted octanol–water partition coefficient (Wildman–Crippen LogP) is 0.576. The Hall–Kier alpha value is -3.14. The molecule has 3 N–H and O–H groups in total. The van der Waals surface area contributed by atoms with E-state index in [4.69, 9.17) is 0 Å². The van der Waals surface area contributed by atoms with Crippen LogP contribution in [0.15, 0.2) is 40.3 Å². The third kappa shape index (κ3) is 6.26. The molecule has 0 spiro atoms. The molecule has 0 radical (unpaired) electrons. The van der Waals surface area contributed by atoms with E-state index in [9.17, 15) is 19.2 Å². The molecule has 0 aliphatic rings. The normalized spacial score (nSPS) is 10.1. The molecular weight excluding hydrogens is 372 g/mol. The van der Waals surface area contributed by atoms with Gasteiger partial charge < -0.3 is 20.4 Å². The second kappa shape index (κ2) is 9.53. The Morgan fingerprint density at radius 2 is 2.04 bits per heavy atom. The van der Waals surface area contributed by atoms with Crippen LogP contribution in [0.2, 0.25) is 0 Å². The number of methoxy groups -OCH3 is 1. The van der Waals surface area contributed by atoms with Crippen molar-refractivity contribution in [3.63, 3.8) is 0 Å². The largest absolute Gasteiger partial charge is 0.469 e. The van der Waals surface area contributed by atoms with Gasteiger partial charge in [0.05, 0.1) is 25.0 Å². The second-order valence-corrected chi connectivity index (χ2v) is 6.26. The van der Waals surface area contributed by atoms with Gasteiger partial charge in [0.2, 0.25) is 5.91 Å². The number of carbonyl (C=O) groups is 3. The number of ether oxygens (including phenoxy) is 1. The van der Waals surface area contributed by atoms with Crippen molar-refractivity contribution in [3.8, 4) is 0 Å². The summed E-state index contributed by atoms with van der Waals surface area (Å²) in [6, 6.07) is 7.70. The van der Waals surface area contributed by atoms with Gasteiger partial charge in [-0.05, 0) is 18.2 Å². The number of anilines is 1. The lowest BCUT2D eigenvalue weighted by molar-refractivity contribution is -0.139. The van der Waals surface area contributed by atoms with Crippen LogP contribution in [0.3, 0.4) is 0 Å². The Morgan fingerprint density at radius 3 is 2.74 bits per heavy atom. The molecule has 27 heavy (non-hydrogen) atoms. The number of hydrogen-bond acceptors (Lipinski definition) is 7. The summed E-state index contributed by atoms with van der Waals surface area (Å²) in [4.78, 5) is 53.3. The van der Waals surface area contributed by atoms with Crippen molar-refractivity contribution in [2.24, 2.45) is 0 Å². The molecule has 10 heteroatoms. The summed E-state index contributed by atoms with van der Waals surface area (Å²) < 4.78 is 4.54. The molecule has 0 saturated carbocycles. The number of esters is 1. The smallest absolute Gasteiger partial charge is 0.311 e. The molecule has 142 valence electrons. The molecule has 0 unspecified atom stereocenters. The Bertz CT molecular complexity index is 912. The molecule has 0 atom stereocenters. The molecular formula is C17H18N4O5S. The van der Waals surface area contributed by atoms with E-state index < -0.39 is 11.5 Å². The minimum absolute atomic E-state index is 0.0190. The first-order valence-electron chi connectivity index (χ1n) is 7.83. The van der Waals surface area contributed by atoms with Gasteiger partial charge in [0.25, 0.3) is 11.5 Å². The fourth-order valence-corrected chi connectivity index (χ4v) is 2.77. The van der Waals surface area contributed by atoms with Crippen molar-refractivity contribution in [1.29, 1.82) is 0 Å². The van der Waals surface area contributed by atoms with Crippen molar-refractivity contribution in [2.75, 3.05) is 25.2 Å². The van der Waals surface area contributed by atoms with Crippen molar-refractivity contribution in [1.82, 2.24) is 15.3 Å². The van der Waals surface area contributed by atoms with Crippen LogP contribution in [-0.4, -0.2) is 47.7 Å². The number of rotatable bonds is 7. The van der Waals surface area contributed by atoms with Gasteiger partial charge >= 0.3 is 5.97 Å². The summed E-state index contributed by atoms with van der Waals surface area (Å²) in [6.45, 7) is 0. The highest BCUT2D eigenvalue weighted by Crippen LogP contribution is 2.14. The molecule has 0 aliphatic carbocycles. The second-order valence-electron chi connectivity index (χ2n) is 5.29. The number of H-pyrrole nitrogens is 1. The Labute approximate surface area is 158 Å². The number of hydrogen-bond donors (Lipinski definition) is 3. The van der Waals surface area contributed by atoms with Crippen LogP contribution in [0.5, 0.6) is 0 Å². The monoisotopic (exact) mass is 390 g/mol. The summed E-state index contributed by atoms with van der Waals surface area (Å²) in [6.07, 6.45) is -0.132. The zero-order chi connectivity index (χ0) is 19.8. The van der Waals surface area contributed by atoms with Crippen LogP contribution in [0.4, 0.5) is 5.69 Å². The molecule has 1 aromatic heterocycles. The maximum atomic E-state index is 12.1. The highest BCUT2D eigenvalue weighted by atomic mass is 32.2. The number of nitrogens with one attached hydrogen (secondary N) is 3. The minimum Gasteiger partial charge on any atom is -0.469 e. The van der Waals surface area contributed by atoms with E-state index in [0.29, 0.717) is 11.3 Å². The minimum atomic E-state index is -0.516. The molecule has 0 saturated heterocycles. The number of benzene rings is 1. The zero-order valence-electron chi connectivity index (χ0n) is 14.7. The highest BCUT2D eigenvalue weighted by Gasteiger charge is 2.10. The van der Waals surface area contributed by atoms with E-state index in [1.807, 2.05) is 0 Å². The topological polar surface area (TPSA) is 130 Å². The number of carbonyl (C=O) groups excluding carboxylic acids is 3. The Morgan fingerprint density at radius 1 is 1.26 bits per heavy atom. The molecule has 0 aliphatic heterocycles. The summed E-state index contributed by atoms with van der Waals surface area (Å²) >= 11 is 1.02. The van der Waals surface area contributed by atoms with E-state index in [2.05, 4.69) is 25.3 Å². The van der Waals surface area contributed by atoms with Crippen LogP contribution in [0.25, 0.3) is 0 Å². The lowest BCUT2D eigenvalue weighted by atomic mass is 10.2. The predicted molar refractivity (Wildman–Crippen MR) is 99.8 cm³/mol. The fourth-order valence-electron chi connectivity index (χ4n) is 2.08. The van der Waals surface area contributed by atoms with E-state index >= 15 is 0 Å². The van der Waals surface area contributed by atoms with Crippen molar-refractivity contribution in [3.05, 3.63) is 51.9 Å². The van der Waals surface area contributed by atoms with E-state index in [1.165, 1.54) is 20.2 Å². The third-order valence-corrected chi connectivity index (χ3v) is 4.17. The number of amides is 2. The number of nitrogens with zero attached hydrogens (tertiary/aromatic N) is 1. The van der Waals surface area contributed by atoms with Gasteiger partial charge in [-0.1, -0.05) is 17.8 Å². The molecule has 0 bridgehead atoms. The molecule has 2 aromatic rings. The van der Waals surface area contributed by atoms with E-state index in [-0.39, 0.29) is 34.8 Å². The molecule has 1 aromatic carbocycles. The lowest BCUT2D eigenvalue weighted by Gasteiger charge is -2.07. The maximum Gasteiger partial charge on any atom is 0.311 e. The quantitative estimate of drug-likeness (QED) is 0.358. The summed E-state index contributed by atoms with van der Waals surface area (Å²) in [5, 5.41) is 5.39. The Balaban J connectivity index is 1.98. The number of thioether (sulfide) groups is 1. The third-order valence-electron chi connectivity index (χ3n) is 3.30. The van der Waals surface area contributed by atoms with Crippen LogP contribution in [0.1, 0.15) is 16.1 Å². The SMILES string of the molecule is CNC(=O)c1cccc(NC(=O)CSc2nc(CC(=O)OC)cc(=O)[nH]2)c1. The zero-order valence-corrected chi connectivity index (χ0v) is 15.5. The summed E-state index contributed by atoms with van der Waals surface area (Å²) in [7, 11) is 2.76. The molecule has 0 fully saturated rings. The van der Waals surface area contributed by atoms with Gasteiger partial charge in [-0.15, -0.1) is 0 Å². The van der Waals surface area contributed by atoms with Crippen LogP contribution >= 0.6 is 11.8 Å². The number of aromatic nitrogens is 2. The molecule has 2 rings (SSSR count). The average molecular weight is 390 g/mol. The van der Waals surface area contributed by atoms with E-state index in [1.54, 1.807) is 24.3 Å². The number of aromatic amines is 1. The first-order chi connectivity index (χ1) is 12.9. The standard InChI is InChI=1S/C17H18N4O5S/c1-18-16(25)10-4-3-5-11(6-10)19-14(23)9-27-17-20-12(7-13(22)21-17)8-15(24)26-2/h3-7H,8-9H2,1-2H3,(H,18,25)(H,19,23)(H,20,21,22). The fraction of sp³-hybridized carbons (Fsp3) is 0.235. The Kier molecular flexibility index (Phi) is 7.12. The summed E-state index contributed by atoms with van der Waals surface area (Å²) in [5.74, 6) is -1.13. The van der Waals surface area contributed by atoms with Gasteiger partial charge in [-0.3, -0.25) is 19.2 Å². The van der Waals surface area contributed by atoms with Crippen molar-refractivity contribution < 1.29 is 19.1 Å². The van der Waals surface area contributed by atoms with Gasteiger partial charge in [0, 0.05) is 24.4 Å². The van der Waals surface area contributed by atoms with Crippen LogP contribution < -0.4 is 16.2 Å². The van der Waals surface area contributed by atoms with Crippen molar-refractivity contribution in [2.45, 2.75) is 11.6 Å². The first kappa shape index (κ1) is 20.2.